The van der Waals surface area contributed by atoms with E-state index in [-0.39, 0.29) is 34.0 Å². The molecule has 6 heteroatoms. The molecule has 2 aromatic heterocycles. The van der Waals surface area contributed by atoms with E-state index in [1.807, 2.05) is 24.3 Å². The molecule has 0 unspecified atom stereocenters. The quantitative estimate of drug-likeness (QED) is 0.210. The van der Waals surface area contributed by atoms with Crippen molar-refractivity contribution in [2.45, 2.75) is 13.1 Å². The molecule has 0 radical (unpaired) electrons. The first kappa shape index (κ1) is 27.6. The first-order valence-electron chi connectivity index (χ1n) is 12.9. The van der Waals surface area contributed by atoms with E-state index in [0.717, 1.165) is 46.3 Å². The lowest BCUT2D eigenvalue weighted by atomic mass is 9.98. The van der Waals surface area contributed by atoms with Gasteiger partial charge in [-0.25, -0.2) is 0 Å². The van der Waals surface area contributed by atoms with Crippen LogP contribution >= 0.6 is 0 Å². The van der Waals surface area contributed by atoms with Crippen LogP contribution in [0.2, 0.25) is 0 Å². The summed E-state index contributed by atoms with van der Waals surface area (Å²) in [5.74, 6) is 0. The second kappa shape index (κ2) is 11.2. The molecule has 0 atom stereocenters. The molecule has 4 nitrogen and oxygen atoms in total. The van der Waals surface area contributed by atoms with E-state index in [1.54, 1.807) is 0 Å². The molecule has 0 aliphatic heterocycles. The summed E-state index contributed by atoms with van der Waals surface area (Å²) >= 11 is 0. The fraction of sp³-hybridized carbons (Fsp3) is 0.0588. The van der Waals surface area contributed by atoms with Gasteiger partial charge in [0.1, 0.15) is 0 Å². The number of hydrogen-bond acceptors (Lipinski definition) is 2. The standard InChI is InChI=1S/C34H26N4.2BrH/c35-31-15-17-37(33-7-3-1-5-27(31)33)21-23-9-11-25-13-14-26-12-10-24(20-30(26)29(25)19-23)22-38-18-16-32(36)28-6-2-4-8-34(28)38;;/h1-20,35-36H,21-22H2;2*1H. The van der Waals surface area contributed by atoms with E-state index in [9.17, 15) is 0 Å². The zero-order valence-corrected chi connectivity index (χ0v) is 24.9. The number of pyridine rings is 2. The largest absolute Gasteiger partial charge is 1.00 e. The van der Waals surface area contributed by atoms with E-state index in [1.165, 1.54) is 32.7 Å². The zero-order valence-electron chi connectivity index (χ0n) is 21.8. The lowest BCUT2D eigenvalue weighted by Gasteiger charge is -2.09. The van der Waals surface area contributed by atoms with Crippen molar-refractivity contribution >= 4 is 54.7 Å². The summed E-state index contributed by atoms with van der Waals surface area (Å²) in [6.45, 7) is 1.56. The Balaban J connectivity index is 0.00000161. The van der Waals surface area contributed by atoms with Crippen LogP contribution in [-0.2, 0) is 13.1 Å². The molecule has 7 aromatic rings. The minimum absolute atomic E-state index is 0. The minimum atomic E-state index is 0. The Labute approximate surface area is 254 Å². The summed E-state index contributed by atoms with van der Waals surface area (Å²) in [4.78, 5) is 0. The third-order valence-electron chi connectivity index (χ3n) is 7.59. The van der Waals surface area contributed by atoms with Crippen molar-refractivity contribution in [3.05, 3.63) is 133 Å². The van der Waals surface area contributed by atoms with E-state index in [4.69, 9.17) is 11.5 Å². The van der Waals surface area contributed by atoms with Crippen LogP contribution in [-0.4, -0.2) is 0 Å². The Morgan fingerprint density at radius 2 is 0.850 bits per heavy atom. The maximum absolute atomic E-state index is 6.24. The van der Waals surface area contributed by atoms with Crippen LogP contribution < -0.4 is 54.6 Å². The van der Waals surface area contributed by atoms with E-state index in [2.05, 4.69) is 106 Å². The number of nitrogen functional groups attached to an aromatic ring is 2. The van der Waals surface area contributed by atoms with Gasteiger partial charge < -0.3 is 45.4 Å². The molecule has 5 aromatic carbocycles. The highest BCUT2D eigenvalue weighted by atomic mass is 79.9. The highest BCUT2D eigenvalue weighted by Crippen LogP contribution is 2.28. The summed E-state index contributed by atoms with van der Waals surface area (Å²) in [6.07, 6.45) is 4.16. The maximum Gasteiger partial charge on any atom is 0.214 e. The average molecular weight is 652 g/mol. The number of benzene rings is 5. The Kier molecular flexibility index (Phi) is 7.74. The minimum Gasteiger partial charge on any atom is -1.00 e. The lowest BCUT2D eigenvalue weighted by Crippen LogP contribution is -3.00. The first-order valence-corrected chi connectivity index (χ1v) is 12.9. The number of nitrogens with two attached hydrogens (primary N) is 2. The molecule has 198 valence electrons. The van der Waals surface area contributed by atoms with Crippen molar-refractivity contribution in [1.29, 1.82) is 0 Å². The smallest absolute Gasteiger partial charge is 0.214 e. The second-order valence-corrected chi connectivity index (χ2v) is 10.0. The molecule has 2 heterocycles. The van der Waals surface area contributed by atoms with Crippen LogP contribution in [0, 0.1) is 0 Å². The second-order valence-electron chi connectivity index (χ2n) is 10.0. The molecular weight excluding hydrogens is 624 g/mol. The third kappa shape index (κ3) is 4.89. The highest BCUT2D eigenvalue weighted by Gasteiger charge is 2.14. The normalized spacial score (nSPS) is 11.0. The summed E-state index contributed by atoms with van der Waals surface area (Å²) in [6, 6.07) is 38.7. The molecular formula is C34H28Br2N4. The number of halogens is 2. The number of nitrogens with zero attached hydrogens (tertiary/aromatic N) is 2. The van der Waals surface area contributed by atoms with Crippen LogP contribution in [0.15, 0.2) is 122 Å². The van der Waals surface area contributed by atoms with Crippen molar-refractivity contribution < 1.29 is 43.1 Å². The average Bonchev–Trinajstić information content (AvgIpc) is 2.96. The van der Waals surface area contributed by atoms with E-state index >= 15 is 0 Å². The molecule has 0 amide bonds. The third-order valence-corrected chi connectivity index (χ3v) is 7.59. The van der Waals surface area contributed by atoms with Gasteiger partial charge in [-0.1, -0.05) is 60.7 Å². The molecule has 0 aliphatic rings. The van der Waals surface area contributed by atoms with Gasteiger partial charge in [-0.2, -0.15) is 9.13 Å². The molecule has 0 aliphatic carbocycles. The van der Waals surface area contributed by atoms with Gasteiger partial charge in [0, 0.05) is 35.4 Å². The number of aromatic nitrogens is 2. The van der Waals surface area contributed by atoms with Gasteiger partial charge in [0.2, 0.25) is 11.0 Å². The van der Waals surface area contributed by atoms with Gasteiger partial charge in [-0.3, -0.25) is 0 Å². The Bertz CT molecular complexity index is 1870. The predicted molar refractivity (Wildman–Crippen MR) is 157 cm³/mol. The number of fused-ring (bicyclic) bond motifs is 5. The van der Waals surface area contributed by atoms with Crippen LogP contribution in [0.1, 0.15) is 11.1 Å². The lowest BCUT2D eigenvalue weighted by molar-refractivity contribution is -0.662. The Morgan fingerprint density at radius 3 is 1.30 bits per heavy atom. The van der Waals surface area contributed by atoms with Gasteiger partial charge in [0.05, 0.1) is 22.1 Å². The van der Waals surface area contributed by atoms with Crippen molar-refractivity contribution in [2.24, 2.45) is 0 Å². The summed E-state index contributed by atoms with van der Waals surface area (Å²) in [5.41, 5.74) is 18.9. The summed E-state index contributed by atoms with van der Waals surface area (Å²) < 4.78 is 4.54. The number of rotatable bonds is 4. The topological polar surface area (TPSA) is 59.8 Å². The van der Waals surface area contributed by atoms with Crippen LogP contribution in [0.25, 0.3) is 43.4 Å². The molecule has 0 saturated heterocycles. The van der Waals surface area contributed by atoms with Gasteiger partial charge >= 0.3 is 0 Å². The zero-order chi connectivity index (χ0) is 25.6. The number of para-hydroxylation sites is 2. The Morgan fingerprint density at radius 1 is 0.450 bits per heavy atom. The SMILES string of the molecule is Nc1cc[n+](Cc2ccc3ccc4ccc(C[n+]5ccc(N)c6ccccc65)cc4c3c2)c2ccccc12.[Br-].[Br-]. The first-order chi connectivity index (χ1) is 18.6. The van der Waals surface area contributed by atoms with Gasteiger partial charge in [-0.05, 0) is 45.8 Å². The predicted octanol–water partition coefficient (Wildman–Crippen LogP) is 0.143. The summed E-state index contributed by atoms with van der Waals surface area (Å²) in [5, 5.41) is 7.20. The molecule has 4 N–H and O–H groups in total. The molecule has 0 saturated carbocycles. The fourth-order valence-corrected chi connectivity index (χ4v) is 5.63. The van der Waals surface area contributed by atoms with E-state index < -0.39 is 0 Å². The monoisotopic (exact) mass is 650 g/mol. The van der Waals surface area contributed by atoms with Crippen molar-refractivity contribution in [3.63, 3.8) is 0 Å². The maximum atomic E-state index is 6.24. The molecule has 0 fully saturated rings. The fourth-order valence-electron chi connectivity index (χ4n) is 5.63. The van der Waals surface area contributed by atoms with Crippen LogP contribution in [0.4, 0.5) is 11.4 Å². The number of hydrogen-bond donors (Lipinski definition) is 2. The number of anilines is 2. The molecule has 7 rings (SSSR count). The van der Waals surface area contributed by atoms with Crippen LogP contribution in [0.3, 0.4) is 0 Å². The van der Waals surface area contributed by atoms with E-state index in [0.29, 0.717) is 0 Å². The Hall–Kier alpha value is -4.00. The van der Waals surface area contributed by atoms with Crippen molar-refractivity contribution in [2.75, 3.05) is 11.5 Å². The van der Waals surface area contributed by atoms with Crippen molar-refractivity contribution in [1.82, 2.24) is 0 Å². The molecule has 0 spiro atoms. The summed E-state index contributed by atoms with van der Waals surface area (Å²) in [7, 11) is 0. The van der Waals surface area contributed by atoms with Crippen molar-refractivity contribution in [3.8, 4) is 0 Å². The molecule has 40 heavy (non-hydrogen) atoms. The highest BCUT2D eigenvalue weighted by molar-refractivity contribution is 6.07. The van der Waals surface area contributed by atoms with Gasteiger partial charge in [-0.15, -0.1) is 0 Å². The molecule has 0 bridgehead atoms. The van der Waals surface area contributed by atoms with Crippen LogP contribution in [0.5, 0.6) is 0 Å². The van der Waals surface area contributed by atoms with Gasteiger partial charge in [0.25, 0.3) is 0 Å². The van der Waals surface area contributed by atoms with Gasteiger partial charge in [0.15, 0.2) is 25.5 Å².